The maximum Gasteiger partial charge on any atom is 0.216 e. The first-order valence-corrected chi connectivity index (χ1v) is 9.08. The number of nitrogens with one attached hydrogen (secondary N) is 1. The van der Waals surface area contributed by atoms with Crippen LogP contribution in [0.1, 0.15) is 31.9 Å². The Kier molecular flexibility index (Phi) is 5.41. The molecule has 3 rings (SSSR count). The van der Waals surface area contributed by atoms with Crippen LogP contribution in [0.3, 0.4) is 0 Å². The summed E-state index contributed by atoms with van der Waals surface area (Å²) in [6, 6.07) is 10.7. The van der Waals surface area contributed by atoms with E-state index < -0.39 is 0 Å². The van der Waals surface area contributed by atoms with Gasteiger partial charge in [-0.2, -0.15) is 0 Å². The lowest BCUT2D eigenvalue weighted by Crippen LogP contribution is -2.45. The molecule has 23 heavy (non-hydrogen) atoms. The number of piperidine rings is 1. The van der Waals surface area contributed by atoms with Crippen molar-refractivity contribution in [3.8, 4) is 10.6 Å². The number of carbonyl (C=O) groups excluding carboxylic acids is 1. The third-order valence-electron chi connectivity index (χ3n) is 4.27. The molecule has 0 bridgehead atoms. The van der Waals surface area contributed by atoms with Gasteiger partial charge in [-0.3, -0.25) is 9.69 Å². The molecule has 1 aliphatic heterocycles. The Morgan fingerprint density at radius 3 is 2.96 bits per heavy atom. The molecule has 0 spiro atoms. The molecule has 122 valence electrons. The highest BCUT2D eigenvalue weighted by atomic mass is 32.1. The number of likely N-dealkylation sites (tertiary alicyclic amines) is 1. The van der Waals surface area contributed by atoms with E-state index in [0.29, 0.717) is 6.04 Å². The third kappa shape index (κ3) is 4.39. The van der Waals surface area contributed by atoms with Gasteiger partial charge < -0.3 is 5.32 Å². The lowest BCUT2D eigenvalue weighted by atomic mass is 10.0. The first-order chi connectivity index (χ1) is 11.2. The van der Waals surface area contributed by atoms with Crippen molar-refractivity contribution in [2.45, 2.75) is 38.8 Å². The lowest BCUT2D eigenvalue weighted by molar-refractivity contribution is -0.119. The number of aromatic nitrogens is 1. The summed E-state index contributed by atoms with van der Waals surface area (Å²) in [6.45, 7) is 4.28. The molecule has 1 fully saturated rings. The van der Waals surface area contributed by atoms with Crippen molar-refractivity contribution in [1.29, 1.82) is 0 Å². The van der Waals surface area contributed by atoms with E-state index in [9.17, 15) is 4.79 Å². The molecule has 1 saturated heterocycles. The first-order valence-electron chi connectivity index (χ1n) is 8.20. The standard InChI is InChI=1S/C18H23N3OS/c1-14(22)19-11-17-9-5-6-10-21(17)12-16-13-23-18(20-16)15-7-3-2-4-8-15/h2-4,7-8,13,17H,5-6,9-12H2,1H3,(H,19,22). The van der Waals surface area contributed by atoms with Crippen molar-refractivity contribution in [3.63, 3.8) is 0 Å². The van der Waals surface area contributed by atoms with Gasteiger partial charge in [0.15, 0.2) is 0 Å². The van der Waals surface area contributed by atoms with E-state index in [1.54, 1.807) is 18.3 Å². The number of amides is 1. The second-order valence-corrected chi connectivity index (χ2v) is 6.93. The fourth-order valence-electron chi connectivity index (χ4n) is 3.06. The highest BCUT2D eigenvalue weighted by Gasteiger charge is 2.23. The van der Waals surface area contributed by atoms with Crippen LogP contribution in [0.25, 0.3) is 10.6 Å². The van der Waals surface area contributed by atoms with E-state index in [-0.39, 0.29) is 5.91 Å². The largest absolute Gasteiger partial charge is 0.355 e. The summed E-state index contributed by atoms with van der Waals surface area (Å²) in [4.78, 5) is 18.4. The van der Waals surface area contributed by atoms with Gasteiger partial charge in [-0.05, 0) is 19.4 Å². The zero-order valence-corrected chi connectivity index (χ0v) is 14.3. The lowest BCUT2D eigenvalue weighted by Gasteiger charge is -2.35. The van der Waals surface area contributed by atoms with E-state index in [1.165, 1.54) is 18.4 Å². The van der Waals surface area contributed by atoms with Crippen LogP contribution in [0.15, 0.2) is 35.7 Å². The van der Waals surface area contributed by atoms with Crippen LogP contribution >= 0.6 is 11.3 Å². The van der Waals surface area contributed by atoms with E-state index in [4.69, 9.17) is 4.98 Å². The molecule has 2 heterocycles. The average molecular weight is 329 g/mol. The topological polar surface area (TPSA) is 45.2 Å². The summed E-state index contributed by atoms with van der Waals surface area (Å²) in [6.07, 6.45) is 3.62. The quantitative estimate of drug-likeness (QED) is 0.915. The summed E-state index contributed by atoms with van der Waals surface area (Å²) in [5.74, 6) is 0.0514. The Labute approximate surface area is 141 Å². The summed E-state index contributed by atoms with van der Waals surface area (Å²) in [5.41, 5.74) is 2.31. The van der Waals surface area contributed by atoms with Gasteiger partial charge in [-0.25, -0.2) is 4.98 Å². The molecular weight excluding hydrogens is 306 g/mol. The highest BCUT2D eigenvalue weighted by molar-refractivity contribution is 7.13. The van der Waals surface area contributed by atoms with E-state index >= 15 is 0 Å². The van der Waals surface area contributed by atoms with Crippen LogP contribution in [-0.4, -0.2) is 34.9 Å². The minimum atomic E-state index is 0.0514. The van der Waals surface area contributed by atoms with Crippen molar-refractivity contribution in [2.24, 2.45) is 0 Å². The first kappa shape index (κ1) is 16.1. The van der Waals surface area contributed by atoms with Gasteiger partial charge in [0.2, 0.25) is 5.91 Å². The third-order valence-corrected chi connectivity index (χ3v) is 5.21. The molecule has 4 nitrogen and oxygen atoms in total. The molecular formula is C18H23N3OS. The van der Waals surface area contributed by atoms with Gasteiger partial charge in [-0.1, -0.05) is 36.8 Å². The van der Waals surface area contributed by atoms with Crippen LogP contribution in [0, 0.1) is 0 Å². The molecule has 1 amide bonds. The summed E-state index contributed by atoms with van der Waals surface area (Å²) >= 11 is 1.70. The number of nitrogens with zero attached hydrogens (tertiary/aromatic N) is 2. The number of hydrogen-bond donors (Lipinski definition) is 1. The molecule has 1 N–H and O–H groups in total. The summed E-state index contributed by atoms with van der Waals surface area (Å²) < 4.78 is 0. The second kappa shape index (κ2) is 7.70. The fraction of sp³-hybridized carbons (Fsp3) is 0.444. The normalized spacial score (nSPS) is 18.7. The number of carbonyl (C=O) groups is 1. The number of benzene rings is 1. The molecule has 1 aromatic heterocycles. The van der Waals surface area contributed by atoms with E-state index in [0.717, 1.165) is 36.8 Å². The van der Waals surface area contributed by atoms with Gasteiger partial charge in [0, 0.05) is 37.0 Å². The second-order valence-electron chi connectivity index (χ2n) is 6.07. The predicted octanol–water partition coefficient (Wildman–Crippen LogP) is 3.30. The Morgan fingerprint density at radius 1 is 1.35 bits per heavy atom. The maximum atomic E-state index is 11.2. The van der Waals surface area contributed by atoms with Crippen LogP contribution in [0.2, 0.25) is 0 Å². The molecule has 0 radical (unpaired) electrons. The number of hydrogen-bond acceptors (Lipinski definition) is 4. The zero-order chi connectivity index (χ0) is 16.1. The maximum absolute atomic E-state index is 11.2. The molecule has 1 aliphatic rings. The summed E-state index contributed by atoms with van der Waals surface area (Å²) in [5, 5.41) is 6.20. The molecule has 1 aromatic carbocycles. The van der Waals surface area contributed by atoms with Crippen LogP contribution < -0.4 is 5.32 Å². The smallest absolute Gasteiger partial charge is 0.216 e. The van der Waals surface area contributed by atoms with Crippen molar-refractivity contribution in [3.05, 3.63) is 41.4 Å². The molecule has 1 unspecified atom stereocenters. The number of thiazole rings is 1. The van der Waals surface area contributed by atoms with Crippen molar-refractivity contribution < 1.29 is 4.79 Å². The Bertz CT molecular complexity index is 641. The molecule has 0 aliphatic carbocycles. The molecule has 5 heteroatoms. The van der Waals surface area contributed by atoms with Crippen molar-refractivity contribution in [2.75, 3.05) is 13.1 Å². The average Bonchev–Trinajstić information content (AvgIpc) is 3.03. The number of rotatable bonds is 5. The highest BCUT2D eigenvalue weighted by Crippen LogP contribution is 2.25. The predicted molar refractivity (Wildman–Crippen MR) is 94.3 cm³/mol. The van der Waals surface area contributed by atoms with Crippen molar-refractivity contribution >= 4 is 17.2 Å². The van der Waals surface area contributed by atoms with Gasteiger partial charge in [0.25, 0.3) is 0 Å². The Hall–Kier alpha value is -1.72. The van der Waals surface area contributed by atoms with Crippen molar-refractivity contribution in [1.82, 2.24) is 15.2 Å². The monoisotopic (exact) mass is 329 g/mol. The van der Waals surface area contributed by atoms with Gasteiger partial charge in [-0.15, -0.1) is 11.3 Å². The minimum absolute atomic E-state index is 0.0514. The van der Waals surface area contributed by atoms with Gasteiger partial charge in [0.1, 0.15) is 5.01 Å². The van der Waals surface area contributed by atoms with E-state index in [2.05, 4.69) is 27.7 Å². The zero-order valence-electron chi connectivity index (χ0n) is 13.5. The molecule has 0 saturated carbocycles. The Balaban J connectivity index is 1.65. The van der Waals surface area contributed by atoms with Crippen LogP contribution in [-0.2, 0) is 11.3 Å². The minimum Gasteiger partial charge on any atom is -0.355 e. The van der Waals surface area contributed by atoms with Gasteiger partial charge in [0.05, 0.1) is 5.69 Å². The van der Waals surface area contributed by atoms with E-state index in [1.807, 2.05) is 18.2 Å². The van der Waals surface area contributed by atoms with Gasteiger partial charge >= 0.3 is 0 Å². The van der Waals surface area contributed by atoms with Crippen LogP contribution in [0.5, 0.6) is 0 Å². The Morgan fingerprint density at radius 2 is 2.17 bits per heavy atom. The summed E-state index contributed by atoms with van der Waals surface area (Å²) in [7, 11) is 0. The fourth-order valence-corrected chi connectivity index (χ4v) is 3.88. The molecule has 2 aromatic rings. The SMILES string of the molecule is CC(=O)NCC1CCCCN1Cc1csc(-c2ccccc2)n1. The molecule has 1 atom stereocenters. The van der Waals surface area contributed by atoms with Crippen LogP contribution in [0.4, 0.5) is 0 Å².